The molecule has 172 valence electrons. The molecule has 0 saturated heterocycles. The molecular formula is C27H24N2O5. The fraction of sp³-hybridized carbons (Fsp3) is 0.185. The third-order valence-corrected chi connectivity index (χ3v) is 5.70. The van der Waals surface area contributed by atoms with E-state index in [0.29, 0.717) is 0 Å². The Morgan fingerprint density at radius 2 is 1.35 bits per heavy atom. The molecule has 7 heteroatoms. The topological polar surface area (TPSA) is 92.8 Å². The zero-order valence-electron chi connectivity index (χ0n) is 18.6. The summed E-state index contributed by atoms with van der Waals surface area (Å²) in [4.78, 5) is 52.4. The van der Waals surface area contributed by atoms with E-state index >= 15 is 0 Å². The van der Waals surface area contributed by atoms with Crippen LogP contribution in [-0.4, -0.2) is 41.2 Å². The Balaban J connectivity index is 1.48. The van der Waals surface area contributed by atoms with Gasteiger partial charge in [0.05, 0.1) is 17.2 Å². The molecule has 1 N–H and O–H groups in total. The van der Waals surface area contributed by atoms with Gasteiger partial charge in [-0.1, -0.05) is 72.8 Å². The van der Waals surface area contributed by atoms with Gasteiger partial charge in [-0.05, 0) is 30.2 Å². The van der Waals surface area contributed by atoms with E-state index in [1.165, 1.54) is 0 Å². The molecule has 2 atom stereocenters. The summed E-state index contributed by atoms with van der Waals surface area (Å²) in [5.41, 5.74) is 2.15. The van der Waals surface area contributed by atoms with Gasteiger partial charge in [0.2, 0.25) is 0 Å². The number of nitrogens with zero attached hydrogens (tertiary/aromatic N) is 1. The van der Waals surface area contributed by atoms with Gasteiger partial charge in [0.25, 0.3) is 17.7 Å². The maximum Gasteiger partial charge on any atom is 0.330 e. The Bertz CT molecular complexity index is 1170. The predicted octanol–water partition coefficient (Wildman–Crippen LogP) is 3.31. The van der Waals surface area contributed by atoms with Gasteiger partial charge in [-0.2, -0.15) is 0 Å². The van der Waals surface area contributed by atoms with Crippen molar-refractivity contribution in [3.63, 3.8) is 0 Å². The average molecular weight is 456 g/mol. The predicted molar refractivity (Wildman–Crippen MR) is 125 cm³/mol. The van der Waals surface area contributed by atoms with E-state index in [0.717, 1.165) is 16.0 Å². The van der Waals surface area contributed by atoms with Crippen LogP contribution in [0.15, 0.2) is 84.9 Å². The van der Waals surface area contributed by atoms with Gasteiger partial charge in [-0.15, -0.1) is 0 Å². The summed E-state index contributed by atoms with van der Waals surface area (Å²) in [6, 6.07) is 23.4. The number of nitrogens with one attached hydrogen (secondary N) is 1. The molecule has 0 aliphatic carbocycles. The molecule has 0 aromatic heterocycles. The van der Waals surface area contributed by atoms with Crippen LogP contribution in [0.3, 0.4) is 0 Å². The number of rotatable bonds is 8. The minimum atomic E-state index is -1.20. The average Bonchev–Trinajstić information content (AvgIpc) is 3.12. The SMILES string of the molecule is CC(NC(=O)COC(=O)[C@H](Cc1ccccc1)N1C(=O)c2ccccc2C1=O)c1ccccc1. The van der Waals surface area contributed by atoms with Crippen LogP contribution >= 0.6 is 0 Å². The first-order valence-electron chi connectivity index (χ1n) is 11.0. The monoisotopic (exact) mass is 456 g/mol. The number of fused-ring (bicyclic) bond motifs is 1. The molecule has 0 radical (unpaired) electrons. The van der Waals surface area contributed by atoms with E-state index in [4.69, 9.17) is 4.74 Å². The first-order chi connectivity index (χ1) is 16.5. The summed E-state index contributed by atoms with van der Waals surface area (Å²) in [6.07, 6.45) is 0.0766. The standard InChI is InChI=1S/C27H24N2O5/c1-18(20-12-6-3-7-13-20)28-24(30)17-34-27(33)23(16-19-10-4-2-5-11-19)29-25(31)21-14-8-9-15-22(21)26(29)32/h2-15,18,23H,16-17H2,1H3,(H,28,30)/t18?,23-/m0/s1. The lowest BCUT2D eigenvalue weighted by molar-refractivity contribution is -0.152. The van der Waals surface area contributed by atoms with Gasteiger partial charge in [-0.3, -0.25) is 19.3 Å². The van der Waals surface area contributed by atoms with Crippen LogP contribution in [0.4, 0.5) is 0 Å². The number of carbonyl (C=O) groups is 4. The van der Waals surface area contributed by atoms with Crippen molar-refractivity contribution >= 4 is 23.7 Å². The van der Waals surface area contributed by atoms with E-state index in [9.17, 15) is 19.2 Å². The van der Waals surface area contributed by atoms with Gasteiger partial charge >= 0.3 is 5.97 Å². The summed E-state index contributed by atoms with van der Waals surface area (Å²) in [7, 11) is 0. The molecule has 7 nitrogen and oxygen atoms in total. The molecule has 34 heavy (non-hydrogen) atoms. The number of benzene rings is 3. The molecule has 1 aliphatic rings. The highest BCUT2D eigenvalue weighted by Crippen LogP contribution is 2.26. The highest BCUT2D eigenvalue weighted by Gasteiger charge is 2.43. The number of imide groups is 1. The Labute approximate surface area is 197 Å². The number of amides is 3. The summed E-state index contributed by atoms with van der Waals surface area (Å²) < 4.78 is 5.29. The first kappa shape index (κ1) is 22.9. The van der Waals surface area contributed by atoms with E-state index in [-0.39, 0.29) is 23.6 Å². The van der Waals surface area contributed by atoms with Crippen molar-refractivity contribution in [1.82, 2.24) is 10.2 Å². The molecule has 0 bridgehead atoms. The molecule has 3 amide bonds. The fourth-order valence-electron chi connectivity index (χ4n) is 3.95. The molecule has 1 aliphatic heterocycles. The lowest BCUT2D eigenvalue weighted by Crippen LogP contribution is -2.47. The second-order valence-electron chi connectivity index (χ2n) is 8.04. The maximum absolute atomic E-state index is 13.1. The van der Waals surface area contributed by atoms with Gasteiger partial charge in [0, 0.05) is 6.42 Å². The van der Waals surface area contributed by atoms with Gasteiger partial charge in [-0.25, -0.2) is 4.79 Å². The fourth-order valence-corrected chi connectivity index (χ4v) is 3.95. The van der Waals surface area contributed by atoms with Crippen molar-refractivity contribution < 1.29 is 23.9 Å². The number of hydrogen-bond acceptors (Lipinski definition) is 5. The zero-order chi connectivity index (χ0) is 24.1. The van der Waals surface area contributed by atoms with Gasteiger partial charge < -0.3 is 10.1 Å². The van der Waals surface area contributed by atoms with Gasteiger partial charge in [0.1, 0.15) is 6.04 Å². The van der Waals surface area contributed by atoms with Crippen molar-refractivity contribution in [3.05, 3.63) is 107 Å². The molecule has 3 aromatic carbocycles. The number of esters is 1. The van der Waals surface area contributed by atoms with Crippen molar-refractivity contribution in [2.24, 2.45) is 0 Å². The van der Waals surface area contributed by atoms with Crippen LogP contribution in [0.1, 0.15) is 44.8 Å². The Morgan fingerprint density at radius 1 is 0.824 bits per heavy atom. The first-order valence-corrected chi connectivity index (χ1v) is 11.0. The molecule has 0 saturated carbocycles. The minimum absolute atomic E-state index is 0.0766. The maximum atomic E-state index is 13.1. The largest absolute Gasteiger partial charge is 0.454 e. The molecule has 0 fully saturated rings. The highest BCUT2D eigenvalue weighted by molar-refractivity contribution is 6.22. The van der Waals surface area contributed by atoms with Crippen molar-refractivity contribution in [2.45, 2.75) is 25.4 Å². The van der Waals surface area contributed by atoms with Crippen molar-refractivity contribution in [3.8, 4) is 0 Å². The van der Waals surface area contributed by atoms with E-state index in [2.05, 4.69) is 5.32 Å². The Hall–Kier alpha value is -4.26. The Kier molecular flexibility index (Phi) is 6.82. The summed E-state index contributed by atoms with van der Waals surface area (Å²) in [5.74, 6) is -2.41. The summed E-state index contributed by atoms with van der Waals surface area (Å²) in [5, 5.41) is 2.78. The quantitative estimate of drug-likeness (QED) is 0.415. The summed E-state index contributed by atoms with van der Waals surface area (Å²) >= 11 is 0. The number of ether oxygens (including phenoxy) is 1. The van der Waals surface area contributed by atoms with Gasteiger partial charge in [0.15, 0.2) is 6.61 Å². The molecular weight excluding hydrogens is 432 g/mol. The molecule has 1 unspecified atom stereocenters. The van der Waals surface area contributed by atoms with Crippen molar-refractivity contribution in [2.75, 3.05) is 6.61 Å². The number of hydrogen-bond donors (Lipinski definition) is 1. The zero-order valence-corrected chi connectivity index (χ0v) is 18.6. The second-order valence-corrected chi connectivity index (χ2v) is 8.04. The molecule has 0 spiro atoms. The molecule has 4 rings (SSSR count). The minimum Gasteiger partial charge on any atom is -0.454 e. The highest BCUT2D eigenvalue weighted by atomic mass is 16.5. The van der Waals surface area contributed by atoms with Crippen LogP contribution in [-0.2, 0) is 20.7 Å². The third-order valence-electron chi connectivity index (χ3n) is 5.70. The molecule has 1 heterocycles. The normalized spacial score (nSPS) is 14.3. The van der Waals surface area contributed by atoms with E-state index < -0.39 is 36.3 Å². The van der Waals surface area contributed by atoms with E-state index in [1.54, 1.807) is 48.5 Å². The second kappa shape index (κ2) is 10.1. The Morgan fingerprint density at radius 3 is 1.94 bits per heavy atom. The third kappa shape index (κ3) is 4.88. The van der Waals surface area contributed by atoms with Crippen LogP contribution in [0.25, 0.3) is 0 Å². The van der Waals surface area contributed by atoms with Crippen LogP contribution in [0.5, 0.6) is 0 Å². The molecule has 3 aromatic rings. The lowest BCUT2D eigenvalue weighted by Gasteiger charge is -2.25. The lowest BCUT2D eigenvalue weighted by atomic mass is 10.0. The van der Waals surface area contributed by atoms with Crippen LogP contribution < -0.4 is 5.32 Å². The number of carbonyl (C=O) groups excluding carboxylic acids is 4. The van der Waals surface area contributed by atoms with E-state index in [1.807, 2.05) is 43.3 Å². The smallest absolute Gasteiger partial charge is 0.330 e. The summed E-state index contributed by atoms with van der Waals surface area (Å²) in [6.45, 7) is 1.30. The van der Waals surface area contributed by atoms with Crippen molar-refractivity contribution in [1.29, 1.82) is 0 Å². The van der Waals surface area contributed by atoms with Crippen LogP contribution in [0, 0.1) is 0 Å². The van der Waals surface area contributed by atoms with Crippen LogP contribution in [0.2, 0.25) is 0 Å².